The summed E-state index contributed by atoms with van der Waals surface area (Å²) in [5.74, 6) is -0.0774. The molecule has 1 aromatic carbocycles. The lowest BCUT2D eigenvalue weighted by Gasteiger charge is -2.36. The molecule has 4 rings (SSSR count). The van der Waals surface area contributed by atoms with Gasteiger partial charge in [-0.2, -0.15) is 0 Å². The highest BCUT2D eigenvalue weighted by molar-refractivity contribution is 6.31. The number of likely N-dealkylation sites (tertiary alicyclic amines) is 1. The number of carbonyl (C=O) groups excluding carboxylic acids is 1. The highest BCUT2D eigenvalue weighted by atomic mass is 35.5. The van der Waals surface area contributed by atoms with E-state index in [0.29, 0.717) is 42.8 Å². The molecule has 0 spiro atoms. The molecule has 2 aromatic rings. The molecule has 1 aromatic heterocycles. The first kappa shape index (κ1) is 20.4. The van der Waals surface area contributed by atoms with Crippen LogP contribution in [0.3, 0.4) is 0 Å². The number of rotatable bonds is 5. The molecule has 29 heavy (non-hydrogen) atoms. The van der Waals surface area contributed by atoms with Crippen molar-refractivity contribution in [3.05, 3.63) is 58.6 Å². The molecule has 2 aliphatic heterocycles. The van der Waals surface area contributed by atoms with Crippen molar-refractivity contribution in [3.8, 4) is 0 Å². The number of aryl methyl sites for hydroxylation is 1. The summed E-state index contributed by atoms with van der Waals surface area (Å²) in [6.07, 6.45) is 4.29. The quantitative estimate of drug-likeness (QED) is 0.746. The molecule has 0 N–H and O–H groups in total. The van der Waals surface area contributed by atoms with Gasteiger partial charge < -0.3 is 9.47 Å². The first-order valence-electron chi connectivity index (χ1n) is 10.3. The fourth-order valence-corrected chi connectivity index (χ4v) is 4.73. The molecule has 0 radical (unpaired) electrons. The Hall–Kier alpha value is -1.89. The van der Waals surface area contributed by atoms with Gasteiger partial charge in [0.1, 0.15) is 5.82 Å². The monoisotopic (exact) mass is 418 g/mol. The summed E-state index contributed by atoms with van der Waals surface area (Å²) in [4.78, 5) is 19.3. The summed E-state index contributed by atoms with van der Waals surface area (Å²) in [5.41, 5.74) is 1.82. The van der Waals surface area contributed by atoms with E-state index in [-0.39, 0.29) is 11.7 Å². The van der Waals surface area contributed by atoms with Gasteiger partial charge in [-0.05, 0) is 43.7 Å². The molecule has 0 saturated carbocycles. The molecular formula is C22H28ClFN4O. The first-order chi connectivity index (χ1) is 14.0. The number of nitrogens with zero attached hydrogens (tertiary/aromatic N) is 4. The van der Waals surface area contributed by atoms with E-state index in [2.05, 4.69) is 39.7 Å². The van der Waals surface area contributed by atoms with Gasteiger partial charge in [0.25, 0.3) is 0 Å². The van der Waals surface area contributed by atoms with Gasteiger partial charge >= 0.3 is 0 Å². The van der Waals surface area contributed by atoms with Gasteiger partial charge in [0.2, 0.25) is 5.91 Å². The van der Waals surface area contributed by atoms with Gasteiger partial charge in [-0.15, -0.1) is 0 Å². The van der Waals surface area contributed by atoms with Crippen molar-refractivity contribution in [2.45, 2.75) is 25.4 Å². The van der Waals surface area contributed by atoms with Crippen LogP contribution < -0.4 is 0 Å². The summed E-state index contributed by atoms with van der Waals surface area (Å²) >= 11 is 6.15. The van der Waals surface area contributed by atoms with E-state index in [4.69, 9.17) is 11.6 Å². The molecule has 5 nitrogen and oxygen atoms in total. The van der Waals surface area contributed by atoms with E-state index in [9.17, 15) is 9.18 Å². The van der Waals surface area contributed by atoms with Gasteiger partial charge in [0, 0.05) is 62.2 Å². The predicted molar refractivity (Wildman–Crippen MR) is 112 cm³/mol. The van der Waals surface area contributed by atoms with Crippen molar-refractivity contribution in [3.63, 3.8) is 0 Å². The third kappa shape index (κ3) is 4.49. The molecule has 0 aliphatic carbocycles. The molecule has 2 fully saturated rings. The van der Waals surface area contributed by atoms with E-state index in [1.165, 1.54) is 11.8 Å². The smallest absolute Gasteiger partial charge is 0.236 e. The van der Waals surface area contributed by atoms with Gasteiger partial charge in [0.05, 0.1) is 12.6 Å². The number of hydrogen-bond acceptors (Lipinski definition) is 3. The topological polar surface area (TPSA) is 31.7 Å². The highest BCUT2D eigenvalue weighted by Crippen LogP contribution is 2.31. The normalized spacial score (nSPS) is 21.1. The Kier molecular flexibility index (Phi) is 6.23. The number of halogens is 2. The Bertz CT molecular complexity index is 842. The van der Waals surface area contributed by atoms with Crippen LogP contribution in [0.2, 0.25) is 5.02 Å². The molecule has 156 valence electrons. The number of piperazine rings is 1. The molecule has 3 heterocycles. The van der Waals surface area contributed by atoms with Crippen molar-refractivity contribution in [2.75, 3.05) is 39.3 Å². The zero-order chi connectivity index (χ0) is 20.4. The van der Waals surface area contributed by atoms with Crippen LogP contribution in [0.15, 0.2) is 36.5 Å². The van der Waals surface area contributed by atoms with Crippen molar-refractivity contribution >= 4 is 17.5 Å². The van der Waals surface area contributed by atoms with Gasteiger partial charge in [-0.25, -0.2) is 4.39 Å². The van der Waals surface area contributed by atoms with E-state index in [1.54, 1.807) is 12.1 Å². The van der Waals surface area contributed by atoms with E-state index in [0.717, 1.165) is 32.5 Å². The SMILES string of the molecule is Cn1cccc1[C@H]1CCCN1CC(=O)N1CCN(Cc2c(F)cccc2Cl)CC1. The summed E-state index contributed by atoms with van der Waals surface area (Å²) in [5, 5.41) is 0.462. The Labute approximate surface area is 176 Å². The largest absolute Gasteiger partial charge is 0.353 e. The Morgan fingerprint density at radius 1 is 1.14 bits per heavy atom. The molecule has 0 bridgehead atoms. The number of benzene rings is 1. The maximum atomic E-state index is 14.0. The zero-order valence-electron chi connectivity index (χ0n) is 16.9. The maximum absolute atomic E-state index is 14.0. The number of hydrogen-bond donors (Lipinski definition) is 0. The second-order valence-electron chi connectivity index (χ2n) is 8.03. The van der Waals surface area contributed by atoms with Gasteiger partial charge in [-0.3, -0.25) is 14.6 Å². The van der Waals surface area contributed by atoms with E-state index in [1.807, 2.05) is 4.90 Å². The van der Waals surface area contributed by atoms with E-state index >= 15 is 0 Å². The van der Waals surface area contributed by atoms with Gasteiger partial charge in [-0.1, -0.05) is 17.7 Å². The summed E-state index contributed by atoms with van der Waals surface area (Å²) in [6, 6.07) is 9.33. The summed E-state index contributed by atoms with van der Waals surface area (Å²) in [6.45, 7) is 4.73. The number of amides is 1. The Morgan fingerprint density at radius 3 is 2.62 bits per heavy atom. The number of aromatic nitrogens is 1. The second-order valence-corrected chi connectivity index (χ2v) is 8.44. The minimum absolute atomic E-state index is 0.190. The zero-order valence-corrected chi connectivity index (χ0v) is 17.6. The highest BCUT2D eigenvalue weighted by Gasteiger charge is 2.31. The molecule has 1 atom stereocenters. The molecule has 1 amide bonds. The minimum Gasteiger partial charge on any atom is -0.353 e. The van der Waals surface area contributed by atoms with Crippen LogP contribution in [-0.4, -0.2) is 64.4 Å². The minimum atomic E-state index is -0.267. The molecular weight excluding hydrogens is 391 g/mol. The second kappa shape index (κ2) is 8.86. The van der Waals surface area contributed by atoms with Crippen LogP contribution >= 0.6 is 11.6 Å². The maximum Gasteiger partial charge on any atom is 0.236 e. The molecule has 2 saturated heterocycles. The van der Waals surface area contributed by atoms with Crippen LogP contribution in [0.5, 0.6) is 0 Å². The Balaban J connectivity index is 1.31. The van der Waals surface area contributed by atoms with Crippen LogP contribution in [0.1, 0.15) is 30.1 Å². The van der Waals surface area contributed by atoms with E-state index < -0.39 is 0 Å². The average Bonchev–Trinajstić information content (AvgIpc) is 3.33. The van der Waals surface area contributed by atoms with Crippen LogP contribution in [0.4, 0.5) is 4.39 Å². The third-order valence-electron chi connectivity index (χ3n) is 6.20. The van der Waals surface area contributed by atoms with Crippen LogP contribution in [-0.2, 0) is 18.4 Å². The van der Waals surface area contributed by atoms with Crippen LogP contribution in [0, 0.1) is 5.82 Å². The average molecular weight is 419 g/mol. The summed E-state index contributed by atoms with van der Waals surface area (Å²) < 4.78 is 16.2. The van der Waals surface area contributed by atoms with Crippen molar-refractivity contribution < 1.29 is 9.18 Å². The van der Waals surface area contributed by atoms with Crippen molar-refractivity contribution in [2.24, 2.45) is 7.05 Å². The molecule has 2 aliphatic rings. The van der Waals surface area contributed by atoms with Crippen molar-refractivity contribution in [1.29, 1.82) is 0 Å². The lowest BCUT2D eigenvalue weighted by atomic mass is 10.1. The fourth-order valence-electron chi connectivity index (χ4n) is 4.51. The molecule has 7 heteroatoms. The van der Waals surface area contributed by atoms with Crippen LogP contribution in [0.25, 0.3) is 0 Å². The van der Waals surface area contributed by atoms with Gasteiger partial charge in [0.15, 0.2) is 0 Å². The lowest BCUT2D eigenvalue weighted by molar-refractivity contribution is -0.134. The third-order valence-corrected chi connectivity index (χ3v) is 6.55. The predicted octanol–water partition coefficient (Wildman–Crippen LogP) is 3.30. The summed E-state index contributed by atoms with van der Waals surface area (Å²) in [7, 11) is 2.06. The fraction of sp³-hybridized carbons (Fsp3) is 0.500. The first-order valence-corrected chi connectivity index (χ1v) is 10.7. The lowest BCUT2D eigenvalue weighted by Crippen LogP contribution is -2.50. The van der Waals surface area contributed by atoms with Crippen molar-refractivity contribution in [1.82, 2.24) is 19.3 Å². The molecule has 0 unspecified atom stereocenters. The Morgan fingerprint density at radius 2 is 1.93 bits per heavy atom. The number of carbonyl (C=O) groups is 1. The standard InChI is InChI=1S/C22H28ClFN4O/c1-25-9-3-7-20(25)21-8-4-10-28(21)16-22(29)27-13-11-26(12-14-27)15-17-18(23)5-2-6-19(17)24/h2-3,5-7,9,21H,4,8,10-16H2,1H3/t21-/m1/s1.